The van der Waals surface area contributed by atoms with E-state index in [1.807, 2.05) is 13.8 Å². The minimum Gasteiger partial charge on any atom is -0.327 e. The SMILES string of the molecule is CC[C@H](C)N(CC(=O)Nc1nccs1)C(=O)c1ccccc1Cl. The van der Waals surface area contributed by atoms with Crippen molar-refractivity contribution in [2.75, 3.05) is 11.9 Å². The van der Waals surface area contributed by atoms with Gasteiger partial charge in [0.2, 0.25) is 5.91 Å². The van der Waals surface area contributed by atoms with Gasteiger partial charge in [0.25, 0.3) is 5.91 Å². The van der Waals surface area contributed by atoms with Gasteiger partial charge in [0.15, 0.2) is 5.13 Å². The van der Waals surface area contributed by atoms with E-state index in [1.165, 1.54) is 16.2 Å². The van der Waals surface area contributed by atoms with Crippen molar-refractivity contribution in [3.05, 3.63) is 46.4 Å². The monoisotopic (exact) mass is 351 g/mol. The van der Waals surface area contributed by atoms with Gasteiger partial charge in [-0.05, 0) is 25.5 Å². The number of nitrogens with zero attached hydrogens (tertiary/aromatic N) is 2. The van der Waals surface area contributed by atoms with Gasteiger partial charge < -0.3 is 10.2 Å². The van der Waals surface area contributed by atoms with Crippen LogP contribution in [0.5, 0.6) is 0 Å². The fraction of sp³-hybridized carbons (Fsp3) is 0.312. The summed E-state index contributed by atoms with van der Waals surface area (Å²) in [6.45, 7) is 3.83. The number of aromatic nitrogens is 1. The number of amides is 2. The number of nitrogens with one attached hydrogen (secondary N) is 1. The third kappa shape index (κ3) is 4.53. The Balaban J connectivity index is 2.15. The number of halogens is 1. The molecule has 0 aliphatic heterocycles. The highest BCUT2D eigenvalue weighted by Crippen LogP contribution is 2.19. The second-order valence-electron chi connectivity index (χ2n) is 5.06. The molecular weight excluding hydrogens is 334 g/mol. The van der Waals surface area contributed by atoms with Gasteiger partial charge in [0, 0.05) is 17.6 Å². The van der Waals surface area contributed by atoms with Crippen LogP contribution >= 0.6 is 22.9 Å². The molecule has 0 aliphatic carbocycles. The van der Waals surface area contributed by atoms with Gasteiger partial charge in [-0.2, -0.15) is 0 Å². The molecular formula is C16H18ClN3O2S. The number of hydrogen-bond acceptors (Lipinski definition) is 4. The molecule has 0 spiro atoms. The Morgan fingerprint density at radius 3 is 2.74 bits per heavy atom. The van der Waals surface area contributed by atoms with Crippen molar-refractivity contribution in [2.45, 2.75) is 26.3 Å². The number of carbonyl (C=O) groups excluding carboxylic acids is 2. The van der Waals surface area contributed by atoms with Gasteiger partial charge in [0.1, 0.15) is 6.54 Å². The molecule has 0 unspecified atom stereocenters. The van der Waals surface area contributed by atoms with Crippen molar-refractivity contribution < 1.29 is 9.59 Å². The van der Waals surface area contributed by atoms with Crippen LogP contribution in [0.3, 0.4) is 0 Å². The predicted molar refractivity (Wildman–Crippen MR) is 93.0 cm³/mol. The average Bonchev–Trinajstić information content (AvgIpc) is 3.04. The molecule has 0 radical (unpaired) electrons. The Bertz CT molecular complexity index is 676. The van der Waals surface area contributed by atoms with Crippen LogP contribution in [0.4, 0.5) is 5.13 Å². The van der Waals surface area contributed by atoms with Crippen molar-refractivity contribution in [1.29, 1.82) is 0 Å². The van der Waals surface area contributed by atoms with Crippen molar-refractivity contribution in [1.82, 2.24) is 9.88 Å². The van der Waals surface area contributed by atoms with Crippen LogP contribution in [0, 0.1) is 0 Å². The summed E-state index contributed by atoms with van der Waals surface area (Å²) in [6, 6.07) is 6.77. The lowest BCUT2D eigenvalue weighted by Crippen LogP contribution is -2.43. The molecule has 2 aromatic rings. The fourth-order valence-electron chi connectivity index (χ4n) is 2.04. The summed E-state index contributed by atoms with van der Waals surface area (Å²) >= 11 is 7.44. The molecule has 0 saturated heterocycles. The minimum absolute atomic E-state index is 0.0430. The Kier molecular flexibility index (Phi) is 6.12. The summed E-state index contributed by atoms with van der Waals surface area (Å²) in [5.74, 6) is -0.528. The Morgan fingerprint density at radius 2 is 2.13 bits per heavy atom. The molecule has 2 rings (SSSR count). The molecule has 1 N–H and O–H groups in total. The lowest BCUT2D eigenvalue weighted by molar-refractivity contribution is -0.117. The quantitative estimate of drug-likeness (QED) is 0.863. The molecule has 1 atom stereocenters. The molecule has 1 heterocycles. The molecule has 0 aliphatic rings. The molecule has 122 valence electrons. The molecule has 0 bridgehead atoms. The summed E-state index contributed by atoms with van der Waals surface area (Å²) in [7, 11) is 0. The molecule has 1 aromatic heterocycles. The summed E-state index contributed by atoms with van der Waals surface area (Å²) in [6.07, 6.45) is 2.35. The lowest BCUT2D eigenvalue weighted by Gasteiger charge is -2.28. The number of rotatable bonds is 6. The molecule has 0 saturated carbocycles. The predicted octanol–water partition coefficient (Wildman–Crippen LogP) is 3.68. The third-order valence-corrected chi connectivity index (χ3v) is 4.50. The standard InChI is InChI=1S/C16H18ClN3O2S/c1-3-11(2)20(10-14(21)19-16-18-8-9-23-16)15(22)12-6-4-5-7-13(12)17/h4-9,11H,3,10H2,1-2H3,(H,18,19,21)/t11-/m0/s1. The Morgan fingerprint density at radius 1 is 1.39 bits per heavy atom. The van der Waals surface area contributed by atoms with E-state index in [0.717, 1.165) is 6.42 Å². The topological polar surface area (TPSA) is 62.3 Å². The number of hydrogen-bond donors (Lipinski definition) is 1. The first kappa shape index (κ1) is 17.4. The second-order valence-corrected chi connectivity index (χ2v) is 6.36. The summed E-state index contributed by atoms with van der Waals surface area (Å²) < 4.78 is 0. The lowest BCUT2D eigenvalue weighted by atomic mass is 10.1. The smallest absolute Gasteiger partial charge is 0.256 e. The third-order valence-electron chi connectivity index (χ3n) is 3.48. The van der Waals surface area contributed by atoms with Gasteiger partial charge in [-0.1, -0.05) is 30.7 Å². The summed E-state index contributed by atoms with van der Waals surface area (Å²) in [5.41, 5.74) is 0.400. The molecule has 23 heavy (non-hydrogen) atoms. The highest BCUT2D eigenvalue weighted by Gasteiger charge is 2.24. The molecule has 1 aromatic carbocycles. The first-order chi connectivity index (χ1) is 11.0. The number of thiazole rings is 1. The van der Waals surface area contributed by atoms with Crippen LogP contribution in [0.25, 0.3) is 0 Å². The van der Waals surface area contributed by atoms with Crippen LogP contribution in [0.15, 0.2) is 35.8 Å². The van der Waals surface area contributed by atoms with Crippen LogP contribution in [-0.2, 0) is 4.79 Å². The van der Waals surface area contributed by atoms with Crippen LogP contribution < -0.4 is 5.32 Å². The zero-order valence-corrected chi connectivity index (χ0v) is 14.5. The highest BCUT2D eigenvalue weighted by molar-refractivity contribution is 7.13. The van der Waals surface area contributed by atoms with Gasteiger partial charge in [-0.25, -0.2) is 4.98 Å². The zero-order chi connectivity index (χ0) is 16.8. The maximum absolute atomic E-state index is 12.8. The second kappa shape index (κ2) is 8.08. The van der Waals surface area contributed by atoms with E-state index in [2.05, 4.69) is 10.3 Å². The van der Waals surface area contributed by atoms with Crippen LogP contribution in [0.1, 0.15) is 30.6 Å². The van der Waals surface area contributed by atoms with E-state index in [-0.39, 0.29) is 24.4 Å². The summed E-state index contributed by atoms with van der Waals surface area (Å²) in [4.78, 5) is 30.5. The van der Waals surface area contributed by atoms with E-state index >= 15 is 0 Å². The van der Waals surface area contributed by atoms with E-state index < -0.39 is 0 Å². The highest BCUT2D eigenvalue weighted by atomic mass is 35.5. The Hall–Kier alpha value is -1.92. The Labute approximate surface area is 144 Å². The fourth-order valence-corrected chi connectivity index (χ4v) is 2.80. The zero-order valence-electron chi connectivity index (χ0n) is 13.0. The summed E-state index contributed by atoms with van der Waals surface area (Å²) in [5, 5.41) is 5.37. The molecule has 5 nitrogen and oxygen atoms in total. The minimum atomic E-state index is -0.277. The van der Waals surface area contributed by atoms with Gasteiger partial charge in [-0.3, -0.25) is 9.59 Å². The first-order valence-electron chi connectivity index (χ1n) is 7.27. The largest absolute Gasteiger partial charge is 0.327 e. The van der Waals surface area contributed by atoms with E-state index in [0.29, 0.717) is 15.7 Å². The first-order valence-corrected chi connectivity index (χ1v) is 8.53. The maximum atomic E-state index is 12.8. The van der Waals surface area contributed by atoms with Crippen LogP contribution in [0.2, 0.25) is 5.02 Å². The van der Waals surface area contributed by atoms with Crippen molar-refractivity contribution in [3.8, 4) is 0 Å². The van der Waals surface area contributed by atoms with Crippen molar-refractivity contribution in [3.63, 3.8) is 0 Å². The average molecular weight is 352 g/mol. The van der Waals surface area contributed by atoms with Crippen molar-refractivity contribution in [2.24, 2.45) is 0 Å². The molecule has 7 heteroatoms. The molecule has 2 amide bonds. The maximum Gasteiger partial charge on any atom is 0.256 e. The van der Waals surface area contributed by atoms with E-state index in [4.69, 9.17) is 11.6 Å². The van der Waals surface area contributed by atoms with Gasteiger partial charge >= 0.3 is 0 Å². The molecule has 0 fully saturated rings. The van der Waals surface area contributed by atoms with E-state index in [1.54, 1.807) is 35.8 Å². The van der Waals surface area contributed by atoms with Crippen molar-refractivity contribution >= 4 is 39.9 Å². The van der Waals surface area contributed by atoms with E-state index in [9.17, 15) is 9.59 Å². The van der Waals surface area contributed by atoms with Crippen LogP contribution in [-0.4, -0.2) is 34.3 Å². The number of carbonyl (C=O) groups is 2. The number of benzene rings is 1. The van der Waals surface area contributed by atoms with Gasteiger partial charge in [-0.15, -0.1) is 11.3 Å². The normalized spacial score (nSPS) is 11.8. The number of anilines is 1. The van der Waals surface area contributed by atoms with Gasteiger partial charge in [0.05, 0.1) is 10.6 Å².